The van der Waals surface area contributed by atoms with Crippen molar-refractivity contribution in [1.29, 1.82) is 0 Å². The van der Waals surface area contributed by atoms with Crippen LogP contribution in [0.2, 0.25) is 15.1 Å². The molecular formula is C38H40Cl3N3O6. The zero-order valence-electron chi connectivity index (χ0n) is 29.2. The molecule has 0 radical (unpaired) electrons. The summed E-state index contributed by atoms with van der Waals surface area (Å²) in [5.41, 5.74) is -0.0108. The number of aryl methyl sites for hydroxylation is 1. The quantitative estimate of drug-likeness (QED) is 0.101. The Hall–Kier alpha value is -4.05. The van der Waals surface area contributed by atoms with Crippen LogP contribution in [0.4, 0.5) is 4.79 Å². The van der Waals surface area contributed by atoms with Gasteiger partial charge in [-0.2, -0.15) is 0 Å². The Labute approximate surface area is 306 Å². The second-order valence-corrected chi connectivity index (χ2v) is 15.6. The van der Waals surface area contributed by atoms with Crippen molar-refractivity contribution in [3.63, 3.8) is 0 Å². The van der Waals surface area contributed by atoms with Crippen LogP contribution in [0, 0.1) is 6.92 Å². The van der Waals surface area contributed by atoms with Gasteiger partial charge in [-0.15, -0.1) is 6.58 Å². The van der Waals surface area contributed by atoms with E-state index >= 15 is 4.79 Å². The van der Waals surface area contributed by atoms with Crippen LogP contribution in [0.3, 0.4) is 0 Å². The third-order valence-electron chi connectivity index (χ3n) is 8.27. The Balaban J connectivity index is 1.72. The van der Waals surface area contributed by atoms with Crippen LogP contribution >= 0.6 is 34.8 Å². The van der Waals surface area contributed by atoms with Crippen LogP contribution in [0.25, 0.3) is 28.2 Å². The van der Waals surface area contributed by atoms with Gasteiger partial charge in [0.25, 0.3) is 5.91 Å². The maximum atomic E-state index is 15.0. The number of carbonyl (C=O) groups is 3. The molecule has 2 heterocycles. The lowest BCUT2D eigenvalue weighted by molar-refractivity contribution is -0.148. The molecule has 1 fully saturated rings. The molecule has 1 aliphatic carbocycles. The van der Waals surface area contributed by atoms with Crippen molar-refractivity contribution < 1.29 is 28.4 Å². The number of hydrogen-bond acceptors (Lipinski definition) is 7. The standard InChI is InChI=1S/C38H40Cl3N3O6/c1-9-18-44(35(47)49-37(6,7)8)38(16-11-17-38)33-31(32(42-50-33)30-25(40)19-24(39)20-26(30)41)34(46)43-21-22(2)29-23(12-10-13-27(29)43)14-15-28(45)48-36(3,4)5/h9-10,12-15,19-21H,1,11,16-18H2,2-8H3/b15-14+. The summed E-state index contributed by atoms with van der Waals surface area (Å²) >= 11 is 19.7. The van der Waals surface area contributed by atoms with Gasteiger partial charge in [0.2, 0.25) is 0 Å². The van der Waals surface area contributed by atoms with Gasteiger partial charge in [-0.1, -0.05) is 58.2 Å². The molecule has 0 aliphatic heterocycles. The lowest BCUT2D eigenvalue weighted by Crippen LogP contribution is -2.55. The van der Waals surface area contributed by atoms with E-state index in [0.29, 0.717) is 28.9 Å². The first-order chi connectivity index (χ1) is 23.4. The fourth-order valence-corrected chi connectivity index (χ4v) is 7.18. The summed E-state index contributed by atoms with van der Waals surface area (Å²) in [6.07, 6.45) is 7.46. The van der Waals surface area contributed by atoms with Crippen LogP contribution < -0.4 is 0 Å². The first kappa shape index (κ1) is 37.2. The van der Waals surface area contributed by atoms with Crippen molar-refractivity contribution in [3.8, 4) is 11.3 Å². The number of fused-ring (bicyclic) bond motifs is 1. The molecule has 0 bridgehead atoms. The van der Waals surface area contributed by atoms with Crippen LogP contribution in [0.15, 0.2) is 59.8 Å². The minimum absolute atomic E-state index is 0.0834. The van der Waals surface area contributed by atoms with E-state index in [0.717, 1.165) is 17.4 Å². The smallest absolute Gasteiger partial charge is 0.411 e. The SMILES string of the molecule is C=CCN(C(=O)OC(C)(C)C)C1(c2onc(-c3c(Cl)cc(Cl)cc3Cl)c2C(=O)n2cc(C)c3c(/C=C/C(=O)OC(C)(C)C)cccc32)CCC1. The summed E-state index contributed by atoms with van der Waals surface area (Å²) in [6.45, 7) is 16.6. The first-order valence-corrected chi connectivity index (χ1v) is 17.3. The Bertz CT molecular complexity index is 2000. The summed E-state index contributed by atoms with van der Waals surface area (Å²) in [4.78, 5) is 42.8. The molecule has 12 heteroatoms. The molecule has 264 valence electrons. The highest BCUT2D eigenvalue weighted by atomic mass is 35.5. The van der Waals surface area contributed by atoms with Crippen LogP contribution in [0.1, 0.15) is 88.1 Å². The normalized spacial score (nSPS) is 14.4. The molecule has 2 aromatic carbocycles. The van der Waals surface area contributed by atoms with Crippen molar-refractivity contribution in [2.45, 2.75) is 84.5 Å². The number of halogens is 3. The summed E-state index contributed by atoms with van der Waals surface area (Å²) in [6, 6.07) is 8.48. The third-order valence-corrected chi connectivity index (χ3v) is 9.09. The van der Waals surface area contributed by atoms with Gasteiger partial charge in [0.05, 0.1) is 15.6 Å². The van der Waals surface area contributed by atoms with Crippen molar-refractivity contribution in [3.05, 3.63) is 92.8 Å². The van der Waals surface area contributed by atoms with Gasteiger partial charge in [-0.05, 0) is 103 Å². The van der Waals surface area contributed by atoms with Gasteiger partial charge in [0.1, 0.15) is 28.0 Å². The molecule has 50 heavy (non-hydrogen) atoms. The van der Waals surface area contributed by atoms with E-state index < -0.39 is 34.7 Å². The Morgan fingerprint density at radius 2 is 1.68 bits per heavy atom. The van der Waals surface area contributed by atoms with Crippen molar-refractivity contribution in [1.82, 2.24) is 14.6 Å². The van der Waals surface area contributed by atoms with E-state index in [4.69, 9.17) is 48.8 Å². The summed E-state index contributed by atoms with van der Waals surface area (Å²) in [5.74, 6) is -0.796. The van der Waals surface area contributed by atoms with Crippen molar-refractivity contribution in [2.24, 2.45) is 0 Å². The Morgan fingerprint density at radius 1 is 1.04 bits per heavy atom. The molecule has 0 N–H and O–H groups in total. The fourth-order valence-electron chi connectivity index (χ4n) is 6.18. The molecule has 2 aromatic heterocycles. The average molecular weight is 741 g/mol. The Morgan fingerprint density at radius 3 is 2.24 bits per heavy atom. The highest BCUT2D eigenvalue weighted by molar-refractivity contribution is 6.42. The summed E-state index contributed by atoms with van der Waals surface area (Å²) in [5, 5.41) is 5.79. The van der Waals surface area contributed by atoms with Crippen LogP contribution in [0.5, 0.6) is 0 Å². The lowest BCUT2D eigenvalue weighted by Gasteiger charge is -2.48. The van der Waals surface area contributed by atoms with Gasteiger partial charge < -0.3 is 14.0 Å². The van der Waals surface area contributed by atoms with Crippen LogP contribution in [-0.4, -0.2) is 50.3 Å². The number of esters is 1. The molecule has 0 unspecified atom stereocenters. The minimum atomic E-state index is -1.09. The molecule has 4 aromatic rings. The number of benzene rings is 2. The molecule has 1 aliphatic rings. The van der Waals surface area contributed by atoms with Crippen molar-refractivity contribution in [2.75, 3.05) is 6.54 Å². The third kappa shape index (κ3) is 7.36. The summed E-state index contributed by atoms with van der Waals surface area (Å²) < 4.78 is 18.9. The molecular weight excluding hydrogens is 701 g/mol. The zero-order chi connectivity index (χ0) is 36.8. The zero-order valence-corrected chi connectivity index (χ0v) is 31.4. The van der Waals surface area contributed by atoms with E-state index in [1.165, 1.54) is 22.8 Å². The predicted octanol–water partition coefficient (Wildman–Crippen LogP) is 10.4. The average Bonchev–Trinajstić information content (AvgIpc) is 3.54. The molecule has 0 saturated heterocycles. The molecule has 1 amide bonds. The number of hydrogen-bond donors (Lipinski definition) is 0. The van der Waals surface area contributed by atoms with Crippen molar-refractivity contribution >= 4 is 69.8 Å². The number of aromatic nitrogens is 2. The van der Waals surface area contributed by atoms with Gasteiger partial charge in [-0.3, -0.25) is 14.3 Å². The van der Waals surface area contributed by atoms with E-state index in [9.17, 15) is 9.59 Å². The fraction of sp³-hybridized carbons (Fsp3) is 0.368. The monoisotopic (exact) mass is 739 g/mol. The van der Waals surface area contributed by atoms with Gasteiger partial charge in [0, 0.05) is 34.8 Å². The number of amides is 1. The summed E-state index contributed by atoms with van der Waals surface area (Å²) in [7, 11) is 0. The van der Waals surface area contributed by atoms with E-state index in [1.54, 1.807) is 70.9 Å². The predicted molar refractivity (Wildman–Crippen MR) is 197 cm³/mol. The second kappa shape index (κ2) is 13.9. The van der Waals surface area contributed by atoms with E-state index in [1.807, 2.05) is 19.1 Å². The molecule has 0 spiro atoms. The van der Waals surface area contributed by atoms with E-state index in [2.05, 4.69) is 11.7 Å². The first-order valence-electron chi connectivity index (χ1n) is 16.2. The minimum Gasteiger partial charge on any atom is -0.457 e. The molecule has 5 rings (SSSR count). The molecule has 0 atom stereocenters. The molecule has 9 nitrogen and oxygen atoms in total. The van der Waals surface area contributed by atoms with Gasteiger partial charge in [-0.25, -0.2) is 9.59 Å². The maximum Gasteiger partial charge on any atom is 0.411 e. The van der Waals surface area contributed by atoms with Gasteiger partial charge in [0.15, 0.2) is 5.76 Å². The molecule has 1 saturated carbocycles. The number of carbonyl (C=O) groups excluding carboxylic acids is 3. The lowest BCUT2D eigenvalue weighted by atomic mass is 9.72. The highest BCUT2D eigenvalue weighted by Crippen LogP contribution is 2.51. The number of rotatable bonds is 8. The Kier molecular flexibility index (Phi) is 10.4. The van der Waals surface area contributed by atoms with Crippen LogP contribution in [-0.2, 0) is 19.8 Å². The topological polar surface area (TPSA) is 104 Å². The number of nitrogens with zero attached hydrogens (tertiary/aromatic N) is 3. The highest BCUT2D eigenvalue weighted by Gasteiger charge is 2.53. The largest absolute Gasteiger partial charge is 0.457 e. The second-order valence-electron chi connectivity index (χ2n) is 14.3. The van der Waals surface area contributed by atoms with Gasteiger partial charge >= 0.3 is 12.1 Å². The maximum absolute atomic E-state index is 15.0. The number of ether oxygens (including phenoxy) is 2. The van der Waals surface area contributed by atoms with E-state index in [-0.39, 0.29) is 39.2 Å².